The summed E-state index contributed by atoms with van der Waals surface area (Å²) in [5.41, 5.74) is 2.50. The van der Waals surface area contributed by atoms with Crippen LogP contribution in [0.2, 0.25) is 0 Å². The molecule has 3 aliphatic rings. The number of piperazine rings is 1. The van der Waals surface area contributed by atoms with E-state index in [2.05, 4.69) is 52.1 Å². The first-order valence-corrected chi connectivity index (χ1v) is 10.6. The molecule has 32 heavy (non-hydrogen) atoms. The highest BCUT2D eigenvalue weighted by molar-refractivity contribution is 6.01. The summed E-state index contributed by atoms with van der Waals surface area (Å²) in [6, 6.07) is 12.0. The fourth-order valence-corrected chi connectivity index (χ4v) is 4.19. The predicted molar refractivity (Wildman–Crippen MR) is 124 cm³/mol. The number of fused-ring (bicyclic) bond motifs is 1. The quantitative estimate of drug-likeness (QED) is 0.788. The van der Waals surface area contributed by atoms with E-state index in [0.29, 0.717) is 6.54 Å². The van der Waals surface area contributed by atoms with E-state index < -0.39 is 11.6 Å². The topological polar surface area (TPSA) is 60.3 Å². The van der Waals surface area contributed by atoms with Crippen LogP contribution < -0.4 is 11.1 Å². The number of benzene rings is 2. The molecular formula is C24H28F2N6. The third-order valence-electron chi connectivity index (χ3n) is 6.00. The van der Waals surface area contributed by atoms with Crippen molar-refractivity contribution in [3.63, 3.8) is 0 Å². The molecule has 2 aromatic carbocycles. The van der Waals surface area contributed by atoms with Crippen LogP contribution in [0, 0.1) is 11.6 Å². The van der Waals surface area contributed by atoms with Crippen molar-refractivity contribution in [2.45, 2.75) is 6.54 Å². The largest absolute Gasteiger partial charge is 0.369 e. The van der Waals surface area contributed by atoms with Gasteiger partial charge in [-0.2, -0.15) is 5.10 Å². The van der Waals surface area contributed by atoms with Crippen LogP contribution in [0.25, 0.3) is 0 Å². The van der Waals surface area contributed by atoms with Crippen molar-refractivity contribution in [2.75, 3.05) is 44.7 Å². The minimum atomic E-state index is -0.450. The number of rotatable bonds is 4. The monoisotopic (exact) mass is 438 g/mol. The van der Waals surface area contributed by atoms with Gasteiger partial charge in [-0.1, -0.05) is 12.2 Å². The number of likely N-dealkylation sites (N-methyl/N-ethyl adjacent to an activating group) is 1. The maximum absolute atomic E-state index is 14.2. The van der Waals surface area contributed by atoms with Crippen molar-refractivity contribution in [1.29, 1.82) is 0 Å². The molecule has 3 N–H and O–H groups in total. The molecule has 2 aromatic rings. The first kappa shape index (κ1) is 22.0. The molecule has 6 nitrogen and oxygen atoms in total. The number of amidine groups is 1. The third kappa shape index (κ3) is 4.24. The highest BCUT2D eigenvalue weighted by Gasteiger charge is 2.30. The lowest BCUT2D eigenvalue weighted by Gasteiger charge is -2.34. The molecule has 1 fully saturated rings. The highest BCUT2D eigenvalue weighted by atomic mass is 19.1. The van der Waals surface area contributed by atoms with E-state index in [9.17, 15) is 8.78 Å². The Kier molecular flexibility index (Phi) is 6.25. The number of nitrogens with zero attached hydrogens (tertiary/aromatic N) is 5. The SMILES string of the molecule is CN1CCN(c2ccc(C3=NN(Cc4cc(F)ccc4F)C4=CC=CCN43)cc2)CC1.N. The van der Waals surface area contributed by atoms with Crippen LogP contribution in [0.1, 0.15) is 11.1 Å². The molecule has 0 aromatic heterocycles. The minimum Gasteiger partial charge on any atom is -0.369 e. The maximum atomic E-state index is 14.2. The van der Waals surface area contributed by atoms with Gasteiger partial charge in [-0.3, -0.25) is 0 Å². The Morgan fingerprint density at radius 1 is 0.969 bits per heavy atom. The Bertz CT molecular complexity index is 1050. The van der Waals surface area contributed by atoms with Gasteiger partial charge < -0.3 is 20.9 Å². The summed E-state index contributed by atoms with van der Waals surface area (Å²) in [7, 11) is 2.15. The number of hydrazone groups is 1. The standard InChI is InChI=1S/C24H25F2N5.H3N/c1-28-12-14-29(15-13-28)21-8-5-18(6-9-21)24-27-31(23-4-2-3-11-30(23)24)17-19-16-20(25)7-10-22(19)26;/h2-10,16H,11-15,17H2,1H3;1H3. The molecule has 8 heteroatoms. The van der Waals surface area contributed by atoms with Gasteiger partial charge in [-0.15, -0.1) is 0 Å². The fraction of sp³-hybridized carbons (Fsp3) is 0.292. The molecule has 3 aliphatic heterocycles. The summed E-state index contributed by atoms with van der Waals surface area (Å²) in [6.07, 6.45) is 5.98. The van der Waals surface area contributed by atoms with Crippen LogP contribution in [0.5, 0.6) is 0 Å². The van der Waals surface area contributed by atoms with E-state index in [1.165, 1.54) is 11.8 Å². The predicted octanol–water partition coefficient (Wildman–Crippen LogP) is 3.77. The molecule has 0 atom stereocenters. The van der Waals surface area contributed by atoms with Gasteiger partial charge in [0, 0.05) is 49.5 Å². The molecular weight excluding hydrogens is 410 g/mol. The average Bonchev–Trinajstić information content (AvgIpc) is 3.15. The lowest BCUT2D eigenvalue weighted by Crippen LogP contribution is -2.44. The van der Waals surface area contributed by atoms with E-state index >= 15 is 0 Å². The normalized spacial score (nSPS) is 18.3. The zero-order chi connectivity index (χ0) is 21.4. The van der Waals surface area contributed by atoms with E-state index in [-0.39, 0.29) is 18.3 Å². The fourth-order valence-electron chi connectivity index (χ4n) is 4.19. The number of hydrogen-bond donors (Lipinski definition) is 1. The van der Waals surface area contributed by atoms with E-state index in [4.69, 9.17) is 5.10 Å². The molecule has 0 saturated carbocycles. The van der Waals surface area contributed by atoms with Gasteiger partial charge in [0.1, 0.15) is 17.5 Å². The Morgan fingerprint density at radius 3 is 2.47 bits per heavy atom. The molecule has 0 amide bonds. The zero-order valence-electron chi connectivity index (χ0n) is 18.2. The lowest BCUT2D eigenvalue weighted by molar-refractivity contribution is 0.312. The minimum absolute atomic E-state index is 0. The molecule has 0 radical (unpaired) electrons. The van der Waals surface area contributed by atoms with Crippen molar-refractivity contribution in [2.24, 2.45) is 5.10 Å². The number of allylic oxidation sites excluding steroid dienone is 2. The third-order valence-corrected chi connectivity index (χ3v) is 6.00. The smallest absolute Gasteiger partial charge is 0.162 e. The van der Waals surface area contributed by atoms with E-state index in [1.807, 2.05) is 12.2 Å². The van der Waals surface area contributed by atoms with Crippen LogP contribution in [-0.2, 0) is 6.54 Å². The first-order valence-electron chi connectivity index (χ1n) is 10.6. The summed E-state index contributed by atoms with van der Waals surface area (Å²) < 4.78 is 27.9. The van der Waals surface area contributed by atoms with Gasteiger partial charge in [0.2, 0.25) is 0 Å². The summed E-state index contributed by atoms with van der Waals surface area (Å²) in [6.45, 7) is 5.03. The Balaban J connectivity index is 0.00000245. The second-order valence-electron chi connectivity index (χ2n) is 8.12. The van der Waals surface area contributed by atoms with Gasteiger partial charge in [0.25, 0.3) is 0 Å². The Morgan fingerprint density at radius 2 is 1.72 bits per heavy atom. The first-order chi connectivity index (χ1) is 15.1. The molecule has 0 unspecified atom stereocenters. The zero-order valence-corrected chi connectivity index (χ0v) is 18.2. The van der Waals surface area contributed by atoms with Crippen molar-refractivity contribution < 1.29 is 8.78 Å². The lowest BCUT2D eigenvalue weighted by atomic mass is 10.1. The van der Waals surface area contributed by atoms with Crippen LogP contribution in [0.15, 0.2) is 71.6 Å². The molecule has 0 spiro atoms. The van der Waals surface area contributed by atoms with Crippen molar-refractivity contribution in [1.82, 2.24) is 21.0 Å². The van der Waals surface area contributed by atoms with Crippen LogP contribution >= 0.6 is 0 Å². The summed E-state index contributed by atoms with van der Waals surface area (Å²) >= 11 is 0. The second kappa shape index (κ2) is 9.10. The van der Waals surface area contributed by atoms with Gasteiger partial charge in [0.05, 0.1) is 6.54 Å². The molecule has 1 saturated heterocycles. The molecule has 0 aliphatic carbocycles. The molecule has 5 rings (SSSR count). The van der Waals surface area contributed by atoms with Crippen molar-refractivity contribution >= 4 is 11.5 Å². The maximum Gasteiger partial charge on any atom is 0.162 e. The van der Waals surface area contributed by atoms with Crippen LogP contribution in [-0.4, -0.2) is 60.4 Å². The van der Waals surface area contributed by atoms with Crippen LogP contribution in [0.3, 0.4) is 0 Å². The average molecular weight is 439 g/mol. The van der Waals surface area contributed by atoms with Crippen molar-refractivity contribution in [3.8, 4) is 0 Å². The molecule has 168 valence electrons. The van der Waals surface area contributed by atoms with Crippen molar-refractivity contribution in [3.05, 3.63) is 89.3 Å². The number of anilines is 1. The van der Waals surface area contributed by atoms with E-state index in [0.717, 1.165) is 55.5 Å². The van der Waals surface area contributed by atoms with Gasteiger partial charge >= 0.3 is 0 Å². The van der Waals surface area contributed by atoms with Gasteiger partial charge in [0.15, 0.2) is 5.84 Å². The summed E-state index contributed by atoms with van der Waals surface area (Å²) in [4.78, 5) is 6.84. The highest BCUT2D eigenvalue weighted by Crippen LogP contribution is 2.29. The molecule has 0 bridgehead atoms. The summed E-state index contributed by atoms with van der Waals surface area (Å²) in [5.74, 6) is 0.801. The molecule has 3 heterocycles. The van der Waals surface area contributed by atoms with Gasteiger partial charge in [-0.25, -0.2) is 13.8 Å². The number of hydrogen-bond acceptors (Lipinski definition) is 6. The van der Waals surface area contributed by atoms with Gasteiger partial charge in [-0.05, 0) is 55.6 Å². The second-order valence-corrected chi connectivity index (χ2v) is 8.12. The van der Waals surface area contributed by atoms with Crippen LogP contribution in [0.4, 0.5) is 14.5 Å². The Labute approximate surface area is 187 Å². The summed E-state index contributed by atoms with van der Waals surface area (Å²) in [5, 5.41) is 6.52. The number of halogens is 2. The van der Waals surface area contributed by atoms with E-state index in [1.54, 1.807) is 5.01 Å². The Hall–Kier alpha value is -3.23.